The number of hydrogen-bond acceptors (Lipinski definition) is 9. The van der Waals surface area contributed by atoms with Gasteiger partial charge in [-0.2, -0.15) is 0 Å². The lowest BCUT2D eigenvalue weighted by molar-refractivity contribution is -0.133. The second-order valence-corrected chi connectivity index (χ2v) is 16.1. The van der Waals surface area contributed by atoms with Gasteiger partial charge in [-0.3, -0.25) is 9.59 Å². The van der Waals surface area contributed by atoms with Crippen LogP contribution in [0.3, 0.4) is 0 Å². The maximum atomic E-state index is 14.2. The number of amides is 4. The van der Waals surface area contributed by atoms with Crippen LogP contribution in [0.2, 0.25) is 0 Å². The van der Waals surface area contributed by atoms with E-state index in [2.05, 4.69) is 69.9 Å². The lowest BCUT2D eigenvalue weighted by Crippen LogP contribution is -2.45. The number of imidazole rings is 1. The molecule has 332 valence electrons. The highest BCUT2D eigenvalue weighted by molar-refractivity contribution is 6.07. The third-order valence-corrected chi connectivity index (χ3v) is 11.2. The number of benzene rings is 4. The molecular weight excluding hydrogens is 799 g/mol. The van der Waals surface area contributed by atoms with Crippen LogP contribution < -0.4 is 20.7 Å². The molecule has 1 atom stereocenters. The summed E-state index contributed by atoms with van der Waals surface area (Å²) in [5.41, 5.74) is 9.29. The number of aromatic nitrogens is 2. The van der Waals surface area contributed by atoms with Gasteiger partial charge in [-0.15, -0.1) is 0 Å². The Morgan fingerprint density at radius 2 is 1.70 bits per heavy atom. The van der Waals surface area contributed by atoms with Gasteiger partial charge in [0, 0.05) is 35.4 Å². The van der Waals surface area contributed by atoms with Gasteiger partial charge in [0.25, 0.3) is 0 Å². The van der Waals surface area contributed by atoms with Crippen LogP contribution in [0, 0.1) is 5.92 Å². The lowest BCUT2D eigenvalue weighted by atomic mass is 9.92. The number of hydrogen-bond donors (Lipinski definition) is 4. The summed E-state index contributed by atoms with van der Waals surface area (Å²) in [4.78, 5) is 63.2. The fourth-order valence-electron chi connectivity index (χ4n) is 7.78. The van der Waals surface area contributed by atoms with Crippen molar-refractivity contribution in [1.82, 2.24) is 35.7 Å². The first-order valence-electron chi connectivity index (χ1n) is 21.5. The summed E-state index contributed by atoms with van der Waals surface area (Å²) in [6.45, 7) is 14.0. The Bertz CT molecular complexity index is 2530. The topological polar surface area (TPSA) is 167 Å². The molecule has 4 aromatic carbocycles. The minimum atomic E-state index is -0.912. The second-order valence-electron chi connectivity index (χ2n) is 16.1. The van der Waals surface area contributed by atoms with Gasteiger partial charge in [0.05, 0.1) is 38.3 Å². The van der Waals surface area contributed by atoms with E-state index in [0.717, 1.165) is 79.6 Å². The molecule has 63 heavy (non-hydrogen) atoms. The first-order valence-corrected chi connectivity index (χ1v) is 21.5. The molecular formula is C49H59N7O7. The van der Waals surface area contributed by atoms with Crippen molar-refractivity contribution in [3.63, 3.8) is 0 Å². The number of H-pyrrole nitrogens is 1. The van der Waals surface area contributed by atoms with Gasteiger partial charge in [-0.1, -0.05) is 87.9 Å². The molecule has 0 spiro atoms. The van der Waals surface area contributed by atoms with E-state index in [9.17, 15) is 19.2 Å². The highest BCUT2D eigenvalue weighted by atomic mass is 16.5. The Hall–Kier alpha value is -6.83. The Balaban J connectivity index is 1.24. The smallest absolute Gasteiger partial charge is 0.407 e. The predicted molar refractivity (Wildman–Crippen MR) is 245 cm³/mol. The van der Waals surface area contributed by atoms with Gasteiger partial charge in [-0.25, -0.2) is 14.6 Å². The van der Waals surface area contributed by atoms with Crippen LogP contribution in [0.5, 0.6) is 5.75 Å². The van der Waals surface area contributed by atoms with Crippen molar-refractivity contribution in [2.24, 2.45) is 5.92 Å². The number of ether oxygens (including phenoxy) is 3. The number of carbonyl (C=O) groups excluding carboxylic acids is 4. The monoisotopic (exact) mass is 857 g/mol. The molecule has 4 amide bonds. The number of allylic oxidation sites excluding steroid dienone is 2. The van der Waals surface area contributed by atoms with E-state index in [1.165, 1.54) is 14.2 Å². The van der Waals surface area contributed by atoms with Gasteiger partial charge in [-0.05, 0) is 84.5 Å². The molecule has 14 heteroatoms. The Labute approximate surface area is 369 Å². The first-order chi connectivity index (χ1) is 30.4. The van der Waals surface area contributed by atoms with Gasteiger partial charge < -0.3 is 44.9 Å². The van der Waals surface area contributed by atoms with Crippen molar-refractivity contribution in [2.45, 2.75) is 73.6 Å². The Kier molecular flexibility index (Phi) is 15.1. The van der Waals surface area contributed by atoms with E-state index in [0.29, 0.717) is 37.6 Å². The molecule has 6 rings (SSSR count). The number of alkyl carbamates (subject to hydrolysis) is 2. The Morgan fingerprint density at radius 1 is 0.937 bits per heavy atom. The third-order valence-electron chi connectivity index (χ3n) is 11.2. The molecule has 0 bridgehead atoms. The molecule has 1 aliphatic rings. The molecule has 4 N–H and O–H groups in total. The average molecular weight is 858 g/mol. The SMILES string of the molecule is C/C=C(\N/C(CN(CCC)C(=O)C(NC(=O)OC)c1ccccc1)=C(\C)CC)c1ccc2c(c1)COc1cc3c(ccc4[nH]c(CN(CC(C)C)C(=O)CNC(=O)OC)nc43)cc1-2. The van der Waals surface area contributed by atoms with Crippen LogP contribution in [-0.4, -0.2) is 84.2 Å². The molecule has 0 saturated carbocycles. The van der Waals surface area contributed by atoms with E-state index in [1.807, 2.05) is 76.2 Å². The molecule has 0 saturated heterocycles. The molecule has 1 unspecified atom stereocenters. The summed E-state index contributed by atoms with van der Waals surface area (Å²) in [5, 5.41) is 10.9. The summed E-state index contributed by atoms with van der Waals surface area (Å²) < 4.78 is 16.0. The lowest BCUT2D eigenvalue weighted by Gasteiger charge is -2.30. The molecule has 1 aromatic heterocycles. The number of nitrogens with one attached hydrogen (secondary N) is 4. The molecule has 5 aromatic rings. The highest BCUT2D eigenvalue weighted by Gasteiger charge is 2.29. The fraction of sp³-hybridized carbons (Fsp3) is 0.367. The summed E-state index contributed by atoms with van der Waals surface area (Å²) in [5.74, 6) is 1.14. The molecule has 0 aliphatic carbocycles. The molecule has 14 nitrogen and oxygen atoms in total. The van der Waals surface area contributed by atoms with Crippen molar-refractivity contribution in [3.05, 3.63) is 113 Å². The van der Waals surface area contributed by atoms with E-state index in [1.54, 1.807) is 9.80 Å². The zero-order valence-electron chi connectivity index (χ0n) is 37.5. The van der Waals surface area contributed by atoms with Crippen molar-refractivity contribution >= 4 is 51.5 Å². The van der Waals surface area contributed by atoms with E-state index in [-0.39, 0.29) is 30.8 Å². The molecule has 1 aliphatic heterocycles. The van der Waals surface area contributed by atoms with E-state index in [4.69, 9.17) is 14.5 Å². The summed E-state index contributed by atoms with van der Waals surface area (Å²) in [6, 6.07) is 22.9. The van der Waals surface area contributed by atoms with Crippen molar-refractivity contribution in [3.8, 4) is 16.9 Å². The number of methoxy groups -OCH3 is 2. The average Bonchev–Trinajstić information content (AvgIpc) is 3.72. The van der Waals surface area contributed by atoms with E-state index < -0.39 is 18.2 Å². The van der Waals surface area contributed by atoms with Crippen LogP contribution >= 0.6 is 0 Å². The number of nitrogens with zero attached hydrogens (tertiary/aromatic N) is 3. The number of fused-ring (bicyclic) bond motifs is 6. The zero-order chi connectivity index (χ0) is 45.2. The fourth-order valence-corrected chi connectivity index (χ4v) is 7.78. The zero-order valence-corrected chi connectivity index (χ0v) is 37.5. The highest BCUT2D eigenvalue weighted by Crippen LogP contribution is 2.42. The minimum Gasteiger partial charge on any atom is -0.488 e. The normalized spacial score (nSPS) is 13.0. The molecule has 2 heterocycles. The first kappa shape index (κ1) is 45.7. The summed E-state index contributed by atoms with van der Waals surface area (Å²) in [7, 11) is 2.55. The third kappa shape index (κ3) is 10.8. The van der Waals surface area contributed by atoms with Gasteiger partial charge >= 0.3 is 12.2 Å². The van der Waals surface area contributed by atoms with Gasteiger partial charge in [0.1, 0.15) is 30.8 Å². The van der Waals surface area contributed by atoms with Crippen molar-refractivity contribution in [2.75, 3.05) is 40.4 Å². The molecule has 0 fully saturated rings. The quantitative estimate of drug-likeness (QED) is 0.0716. The summed E-state index contributed by atoms with van der Waals surface area (Å²) in [6.07, 6.45) is 2.20. The maximum absolute atomic E-state index is 14.2. The van der Waals surface area contributed by atoms with Gasteiger partial charge in [0.15, 0.2) is 0 Å². The van der Waals surface area contributed by atoms with Gasteiger partial charge in [0.2, 0.25) is 11.8 Å². The van der Waals surface area contributed by atoms with Crippen LogP contribution in [0.1, 0.15) is 82.9 Å². The predicted octanol–water partition coefficient (Wildman–Crippen LogP) is 8.59. The van der Waals surface area contributed by atoms with Crippen molar-refractivity contribution in [1.29, 1.82) is 0 Å². The second kappa shape index (κ2) is 20.8. The Morgan fingerprint density at radius 3 is 2.38 bits per heavy atom. The van der Waals surface area contributed by atoms with E-state index >= 15 is 0 Å². The van der Waals surface area contributed by atoms with Crippen LogP contribution in [0.4, 0.5) is 9.59 Å². The number of aromatic amines is 1. The summed E-state index contributed by atoms with van der Waals surface area (Å²) >= 11 is 0. The molecule has 0 radical (unpaired) electrons. The van der Waals surface area contributed by atoms with Crippen LogP contribution in [0.25, 0.3) is 38.6 Å². The largest absolute Gasteiger partial charge is 0.488 e. The number of rotatable bonds is 17. The van der Waals surface area contributed by atoms with Crippen LogP contribution in [-0.2, 0) is 32.2 Å². The number of carbonyl (C=O) groups is 4. The standard InChI is InChI=1S/C49H59N7O7/c1-9-21-55(47(58)45(54-49(60)62-8)32-15-13-12-14-16-32)27-41(31(6)10-2)51-39(11-3)34-17-19-36-35(22-34)29-63-42-24-37-33(23-38(36)42)18-20-40-46(37)53-43(52-40)28-56(26-30(4)5)44(57)25-50-48(59)61-7/h11-20,22-24,30,45,51H,9-10,21,25-29H2,1-8H3,(H,50,59)(H,52,53)(H,54,60)/b39-11-,41-31+. The maximum Gasteiger partial charge on any atom is 0.407 e. The van der Waals surface area contributed by atoms with Crippen molar-refractivity contribution < 1.29 is 33.4 Å². The van der Waals surface area contributed by atoms with Crippen LogP contribution in [0.15, 0.2) is 90.1 Å². The minimum absolute atomic E-state index is 0.174.